The first-order valence-corrected chi connectivity index (χ1v) is 11.7. The van der Waals surface area contributed by atoms with Crippen molar-refractivity contribution in [2.24, 2.45) is 0 Å². The van der Waals surface area contributed by atoms with Crippen LogP contribution in [-0.4, -0.2) is 43.6 Å². The quantitative estimate of drug-likeness (QED) is 0.504. The molecule has 2 fully saturated rings. The minimum Gasteiger partial charge on any atom is -0.488 e. The second-order valence-electron chi connectivity index (χ2n) is 9.91. The zero-order valence-electron chi connectivity index (χ0n) is 19.6. The van der Waals surface area contributed by atoms with Gasteiger partial charge in [0.2, 0.25) is 0 Å². The van der Waals surface area contributed by atoms with E-state index in [1.54, 1.807) is 12.1 Å². The summed E-state index contributed by atoms with van der Waals surface area (Å²) in [7, 11) is 0. The summed E-state index contributed by atoms with van der Waals surface area (Å²) in [5, 5.41) is 0. The molecule has 0 bridgehead atoms. The fourth-order valence-corrected chi connectivity index (χ4v) is 4.26. The standard InChI is InChI=1S/C27H33FO5/c1-27(2,3)33-26(29)17-31-23-13-20(14-23)18-6-8-19(9-7-18)24-15-21(10-11-25(24)28)32-22-5-4-12-30-16-22/h6-11,15,20,22-23H,4-5,12-14,16-17H2,1-3H3. The maximum Gasteiger partial charge on any atom is 0.332 e. The van der Waals surface area contributed by atoms with E-state index < -0.39 is 5.60 Å². The van der Waals surface area contributed by atoms with E-state index in [1.165, 1.54) is 11.6 Å². The molecule has 2 aliphatic rings. The largest absolute Gasteiger partial charge is 0.488 e. The van der Waals surface area contributed by atoms with Gasteiger partial charge in [-0.3, -0.25) is 0 Å². The van der Waals surface area contributed by atoms with Crippen LogP contribution in [0, 0.1) is 5.82 Å². The molecule has 0 spiro atoms. The van der Waals surface area contributed by atoms with Crippen molar-refractivity contribution >= 4 is 5.97 Å². The Labute approximate surface area is 195 Å². The Morgan fingerprint density at radius 2 is 1.85 bits per heavy atom. The third-order valence-corrected chi connectivity index (χ3v) is 6.00. The first kappa shape index (κ1) is 23.7. The average Bonchev–Trinajstić information content (AvgIpc) is 2.74. The molecule has 4 rings (SSSR count). The Morgan fingerprint density at radius 3 is 2.52 bits per heavy atom. The summed E-state index contributed by atoms with van der Waals surface area (Å²) in [5.74, 6) is 0.442. The van der Waals surface area contributed by atoms with Gasteiger partial charge in [-0.15, -0.1) is 0 Å². The van der Waals surface area contributed by atoms with Crippen LogP contribution in [0.3, 0.4) is 0 Å². The van der Waals surface area contributed by atoms with E-state index in [4.69, 9.17) is 18.9 Å². The average molecular weight is 457 g/mol. The predicted octanol–water partition coefficient (Wildman–Crippen LogP) is 5.65. The van der Waals surface area contributed by atoms with Crippen LogP contribution < -0.4 is 4.74 Å². The summed E-state index contributed by atoms with van der Waals surface area (Å²) in [4.78, 5) is 11.8. The number of benzene rings is 2. The molecule has 6 heteroatoms. The molecule has 0 aromatic heterocycles. The van der Waals surface area contributed by atoms with Crippen molar-refractivity contribution in [2.45, 2.75) is 70.2 Å². The number of carbonyl (C=O) groups excluding carboxylic acids is 1. The topological polar surface area (TPSA) is 54.0 Å². The molecule has 1 heterocycles. The van der Waals surface area contributed by atoms with Gasteiger partial charge in [0, 0.05) is 12.2 Å². The Balaban J connectivity index is 1.31. The normalized spacial score (nSPS) is 23.0. The molecule has 33 heavy (non-hydrogen) atoms. The molecule has 1 unspecified atom stereocenters. The highest BCUT2D eigenvalue weighted by Gasteiger charge is 2.32. The maximum absolute atomic E-state index is 14.5. The molecule has 1 saturated carbocycles. The lowest BCUT2D eigenvalue weighted by molar-refractivity contribution is -0.164. The number of ether oxygens (including phenoxy) is 4. The van der Waals surface area contributed by atoms with Crippen molar-refractivity contribution in [1.82, 2.24) is 0 Å². The summed E-state index contributed by atoms with van der Waals surface area (Å²) >= 11 is 0. The molecule has 0 radical (unpaired) electrons. The fourth-order valence-electron chi connectivity index (χ4n) is 4.26. The van der Waals surface area contributed by atoms with Crippen LogP contribution in [0.4, 0.5) is 4.39 Å². The van der Waals surface area contributed by atoms with Gasteiger partial charge in [-0.1, -0.05) is 24.3 Å². The third kappa shape index (κ3) is 6.55. The molecule has 1 aliphatic heterocycles. The van der Waals surface area contributed by atoms with Crippen molar-refractivity contribution in [3.63, 3.8) is 0 Å². The van der Waals surface area contributed by atoms with E-state index in [1.807, 2.05) is 45.0 Å². The lowest BCUT2D eigenvalue weighted by Crippen LogP contribution is -2.33. The first-order chi connectivity index (χ1) is 15.8. The van der Waals surface area contributed by atoms with Gasteiger partial charge in [0.15, 0.2) is 0 Å². The highest BCUT2D eigenvalue weighted by atomic mass is 19.1. The van der Waals surface area contributed by atoms with Crippen molar-refractivity contribution in [3.05, 3.63) is 53.8 Å². The van der Waals surface area contributed by atoms with E-state index in [0.717, 1.165) is 37.9 Å². The molecule has 0 amide bonds. The van der Waals surface area contributed by atoms with E-state index in [0.29, 0.717) is 23.8 Å². The van der Waals surface area contributed by atoms with Gasteiger partial charge in [-0.05, 0) is 81.7 Å². The zero-order valence-corrected chi connectivity index (χ0v) is 19.6. The van der Waals surface area contributed by atoms with Crippen LogP contribution in [0.15, 0.2) is 42.5 Å². The molecule has 5 nitrogen and oxygen atoms in total. The molecule has 178 valence electrons. The van der Waals surface area contributed by atoms with Gasteiger partial charge in [-0.2, -0.15) is 0 Å². The molecular formula is C27H33FO5. The highest BCUT2D eigenvalue weighted by molar-refractivity contribution is 5.71. The minimum absolute atomic E-state index is 0.0156. The van der Waals surface area contributed by atoms with Gasteiger partial charge in [0.05, 0.1) is 12.7 Å². The molecule has 2 aromatic carbocycles. The summed E-state index contributed by atoms with van der Waals surface area (Å²) < 4.78 is 37.0. The van der Waals surface area contributed by atoms with Crippen LogP contribution >= 0.6 is 0 Å². The Hall–Kier alpha value is -2.44. The third-order valence-electron chi connectivity index (χ3n) is 6.00. The monoisotopic (exact) mass is 456 g/mol. The first-order valence-electron chi connectivity index (χ1n) is 11.7. The Bertz CT molecular complexity index is 938. The Morgan fingerprint density at radius 1 is 1.09 bits per heavy atom. The molecular weight excluding hydrogens is 423 g/mol. The summed E-state index contributed by atoms with van der Waals surface area (Å²) in [6, 6.07) is 12.9. The van der Waals surface area contributed by atoms with Gasteiger partial charge in [0.25, 0.3) is 0 Å². The van der Waals surface area contributed by atoms with Crippen molar-refractivity contribution in [2.75, 3.05) is 19.8 Å². The predicted molar refractivity (Wildman–Crippen MR) is 124 cm³/mol. The zero-order chi connectivity index (χ0) is 23.4. The summed E-state index contributed by atoms with van der Waals surface area (Å²) in [5.41, 5.74) is 2.05. The van der Waals surface area contributed by atoms with Crippen LogP contribution in [0.25, 0.3) is 11.1 Å². The second kappa shape index (κ2) is 10.2. The van der Waals surface area contributed by atoms with Gasteiger partial charge in [-0.25, -0.2) is 9.18 Å². The van der Waals surface area contributed by atoms with Crippen LogP contribution in [-0.2, 0) is 19.0 Å². The number of carbonyl (C=O) groups is 1. The second-order valence-corrected chi connectivity index (χ2v) is 9.91. The molecule has 1 atom stereocenters. The van der Waals surface area contributed by atoms with Gasteiger partial charge < -0.3 is 18.9 Å². The minimum atomic E-state index is -0.500. The molecule has 1 saturated heterocycles. The number of halogens is 1. The van der Waals surface area contributed by atoms with Gasteiger partial charge >= 0.3 is 5.97 Å². The van der Waals surface area contributed by atoms with E-state index >= 15 is 0 Å². The number of esters is 1. The fraction of sp³-hybridized carbons (Fsp3) is 0.519. The maximum atomic E-state index is 14.5. The Kier molecular flexibility index (Phi) is 7.35. The highest BCUT2D eigenvalue weighted by Crippen LogP contribution is 2.39. The lowest BCUT2D eigenvalue weighted by atomic mass is 9.77. The SMILES string of the molecule is CC(C)(C)OC(=O)COC1CC(c2ccc(-c3cc(OC4CCCOC4)ccc3F)cc2)C1. The van der Waals surface area contributed by atoms with Crippen LogP contribution in [0.2, 0.25) is 0 Å². The lowest BCUT2D eigenvalue weighted by Gasteiger charge is -2.35. The van der Waals surface area contributed by atoms with Crippen molar-refractivity contribution < 1.29 is 28.1 Å². The summed E-state index contributed by atoms with van der Waals surface area (Å²) in [6.07, 6.45) is 3.74. The number of hydrogen-bond donors (Lipinski definition) is 0. The molecule has 2 aromatic rings. The van der Waals surface area contributed by atoms with E-state index in [2.05, 4.69) is 0 Å². The van der Waals surface area contributed by atoms with Crippen molar-refractivity contribution in [1.29, 1.82) is 0 Å². The van der Waals surface area contributed by atoms with Crippen molar-refractivity contribution in [3.8, 4) is 16.9 Å². The van der Waals surface area contributed by atoms with E-state index in [9.17, 15) is 9.18 Å². The molecule has 1 aliphatic carbocycles. The number of rotatable bonds is 7. The van der Waals surface area contributed by atoms with Crippen LogP contribution in [0.5, 0.6) is 5.75 Å². The number of hydrogen-bond acceptors (Lipinski definition) is 5. The van der Waals surface area contributed by atoms with Gasteiger partial charge in [0.1, 0.15) is 29.9 Å². The van der Waals surface area contributed by atoms with E-state index in [-0.39, 0.29) is 30.6 Å². The summed E-state index contributed by atoms with van der Waals surface area (Å²) in [6.45, 7) is 6.86. The smallest absolute Gasteiger partial charge is 0.332 e. The van der Waals surface area contributed by atoms with Crippen LogP contribution in [0.1, 0.15) is 57.9 Å². The molecule has 0 N–H and O–H groups in total.